The molecule has 4 rings (SSSR count). The van der Waals surface area contributed by atoms with Gasteiger partial charge in [0.25, 0.3) is 11.8 Å². The first-order valence-electron chi connectivity index (χ1n) is 8.91. The van der Waals surface area contributed by atoms with Crippen LogP contribution in [0.4, 0.5) is 4.79 Å². The number of halogens is 2. The first-order chi connectivity index (χ1) is 13.9. The van der Waals surface area contributed by atoms with Gasteiger partial charge in [-0.15, -0.1) is 0 Å². The molecule has 0 aromatic heterocycles. The molecule has 4 amide bonds. The van der Waals surface area contributed by atoms with Crippen LogP contribution in [0.5, 0.6) is 0 Å². The molecular weight excluding hydrogens is 460 g/mol. The summed E-state index contributed by atoms with van der Waals surface area (Å²) >= 11 is 9.46. The van der Waals surface area contributed by atoms with Crippen LogP contribution in [0.1, 0.15) is 23.6 Å². The molecule has 2 aliphatic heterocycles. The molecule has 0 radical (unpaired) electrons. The Labute approximate surface area is 180 Å². The summed E-state index contributed by atoms with van der Waals surface area (Å²) in [5, 5.41) is 8.92. The number of rotatable bonds is 4. The van der Waals surface area contributed by atoms with Gasteiger partial charge in [-0.3, -0.25) is 14.5 Å². The van der Waals surface area contributed by atoms with Crippen LogP contribution in [0.3, 0.4) is 0 Å². The number of nitrogens with zero attached hydrogens (tertiary/aromatic N) is 3. The SMILES string of the molecule is O=C1CNC(=O)N1CC(=O)N1N=C(c2cccc(Br)c2)CC1c1ccc(Cl)cc1. The molecule has 1 fully saturated rings. The molecule has 2 aliphatic rings. The summed E-state index contributed by atoms with van der Waals surface area (Å²) in [5.74, 6) is -0.859. The molecule has 0 saturated carbocycles. The van der Waals surface area contributed by atoms with Crippen LogP contribution in [0.25, 0.3) is 0 Å². The number of nitrogens with one attached hydrogen (secondary N) is 1. The average molecular weight is 476 g/mol. The lowest BCUT2D eigenvalue weighted by molar-refractivity contribution is -0.137. The molecule has 0 aliphatic carbocycles. The van der Waals surface area contributed by atoms with Gasteiger partial charge in [-0.25, -0.2) is 9.80 Å². The maximum atomic E-state index is 13.0. The van der Waals surface area contributed by atoms with E-state index in [1.165, 1.54) is 5.01 Å². The third kappa shape index (κ3) is 4.04. The van der Waals surface area contributed by atoms with Crippen molar-refractivity contribution < 1.29 is 14.4 Å². The minimum Gasteiger partial charge on any atom is -0.329 e. The van der Waals surface area contributed by atoms with E-state index in [1.807, 2.05) is 36.4 Å². The predicted octanol–water partition coefficient (Wildman–Crippen LogP) is 3.33. The fraction of sp³-hybridized carbons (Fsp3) is 0.200. The van der Waals surface area contributed by atoms with Gasteiger partial charge >= 0.3 is 6.03 Å². The van der Waals surface area contributed by atoms with E-state index in [9.17, 15) is 14.4 Å². The third-order valence-electron chi connectivity index (χ3n) is 4.81. The van der Waals surface area contributed by atoms with Crippen molar-refractivity contribution >= 4 is 51.1 Å². The molecule has 1 unspecified atom stereocenters. The van der Waals surface area contributed by atoms with Crippen LogP contribution in [0.2, 0.25) is 5.02 Å². The van der Waals surface area contributed by atoms with Crippen LogP contribution in [-0.4, -0.2) is 46.6 Å². The second kappa shape index (κ2) is 7.96. The summed E-state index contributed by atoms with van der Waals surface area (Å²) < 4.78 is 0.907. The van der Waals surface area contributed by atoms with Crippen molar-refractivity contribution in [3.8, 4) is 0 Å². The monoisotopic (exact) mass is 474 g/mol. The molecular formula is C20H16BrClN4O3. The Kier molecular flexibility index (Phi) is 5.38. The van der Waals surface area contributed by atoms with Gasteiger partial charge in [0.1, 0.15) is 6.54 Å². The number of benzene rings is 2. The lowest BCUT2D eigenvalue weighted by Gasteiger charge is -2.23. The number of urea groups is 1. The Morgan fingerprint density at radius 3 is 2.62 bits per heavy atom. The lowest BCUT2D eigenvalue weighted by Crippen LogP contribution is -2.41. The number of carbonyl (C=O) groups is 3. The van der Waals surface area contributed by atoms with Gasteiger partial charge in [-0.05, 0) is 35.4 Å². The van der Waals surface area contributed by atoms with Gasteiger partial charge in [0, 0.05) is 15.9 Å². The zero-order chi connectivity index (χ0) is 20.5. The summed E-state index contributed by atoms with van der Waals surface area (Å²) in [6, 6.07) is 14.0. The second-order valence-electron chi connectivity index (χ2n) is 6.71. The highest BCUT2D eigenvalue weighted by atomic mass is 79.9. The van der Waals surface area contributed by atoms with Crippen molar-refractivity contribution in [1.29, 1.82) is 0 Å². The Morgan fingerprint density at radius 1 is 1.21 bits per heavy atom. The van der Waals surface area contributed by atoms with Crippen molar-refractivity contribution in [3.05, 3.63) is 69.2 Å². The van der Waals surface area contributed by atoms with Crippen molar-refractivity contribution in [1.82, 2.24) is 15.2 Å². The summed E-state index contributed by atoms with van der Waals surface area (Å²) in [6.45, 7) is -0.455. The summed E-state index contributed by atoms with van der Waals surface area (Å²) in [4.78, 5) is 37.6. The molecule has 2 heterocycles. The third-order valence-corrected chi connectivity index (χ3v) is 5.55. The average Bonchev–Trinajstić information content (AvgIpc) is 3.28. The maximum absolute atomic E-state index is 13.0. The van der Waals surface area contributed by atoms with E-state index in [-0.39, 0.29) is 19.1 Å². The Bertz CT molecular complexity index is 1010. The molecule has 148 valence electrons. The minimum atomic E-state index is -0.568. The van der Waals surface area contributed by atoms with E-state index in [0.29, 0.717) is 11.4 Å². The maximum Gasteiger partial charge on any atom is 0.325 e. The number of amides is 4. The summed E-state index contributed by atoms with van der Waals surface area (Å²) in [5.41, 5.74) is 2.51. The van der Waals surface area contributed by atoms with E-state index < -0.39 is 17.8 Å². The number of hydrogen-bond acceptors (Lipinski definition) is 4. The zero-order valence-corrected chi connectivity index (χ0v) is 17.5. The number of hydrogen-bond donors (Lipinski definition) is 1. The van der Waals surface area contributed by atoms with Gasteiger partial charge in [-0.1, -0.05) is 51.8 Å². The molecule has 1 saturated heterocycles. The van der Waals surface area contributed by atoms with Crippen LogP contribution in [-0.2, 0) is 9.59 Å². The highest BCUT2D eigenvalue weighted by Crippen LogP contribution is 2.34. The molecule has 1 atom stereocenters. The standard InChI is InChI=1S/C20H16BrClN4O3/c21-14-3-1-2-13(8-14)16-9-17(12-4-6-15(22)7-5-12)26(24-16)19(28)11-25-18(27)10-23-20(25)29/h1-8,17H,9-11H2,(H,23,29). The molecule has 2 aromatic carbocycles. The largest absolute Gasteiger partial charge is 0.329 e. The van der Waals surface area contributed by atoms with Crippen LogP contribution in [0, 0.1) is 0 Å². The fourth-order valence-corrected chi connectivity index (χ4v) is 3.88. The van der Waals surface area contributed by atoms with Gasteiger partial charge in [-0.2, -0.15) is 5.10 Å². The molecule has 2 aromatic rings. The van der Waals surface area contributed by atoms with Gasteiger partial charge < -0.3 is 5.32 Å². The number of imide groups is 1. The first kappa shape index (κ1) is 19.6. The van der Waals surface area contributed by atoms with Crippen molar-refractivity contribution in [2.24, 2.45) is 5.10 Å². The summed E-state index contributed by atoms with van der Waals surface area (Å²) in [7, 11) is 0. The Hall–Kier alpha value is -2.71. The van der Waals surface area contributed by atoms with E-state index in [4.69, 9.17) is 11.6 Å². The van der Waals surface area contributed by atoms with E-state index >= 15 is 0 Å². The summed E-state index contributed by atoms with van der Waals surface area (Å²) in [6.07, 6.45) is 0.504. The first-order valence-corrected chi connectivity index (χ1v) is 10.1. The molecule has 1 N–H and O–H groups in total. The number of hydrazone groups is 1. The Morgan fingerprint density at radius 2 is 1.97 bits per heavy atom. The zero-order valence-electron chi connectivity index (χ0n) is 15.1. The molecule has 0 spiro atoms. The van der Waals surface area contributed by atoms with Gasteiger partial charge in [0.05, 0.1) is 18.3 Å². The number of carbonyl (C=O) groups excluding carboxylic acids is 3. The van der Waals surface area contributed by atoms with E-state index in [0.717, 1.165) is 26.2 Å². The van der Waals surface area contributed by atoms with Gasteiger partial charge in [0.2, 0.25) is 0 Å². The topological polar surface area (TPSA) is 82.1 Å². The Balaban J connectivity index is 1.65. The van der Waals surface area contributed by atoms with E-state index in [2.05, 4.69) is 26.3 Å². The molecule has 29 heavy (non-hydrogen) atoms. The minimum absolute atomic E-state index is 0.0979. The highest BCUT2D eigenvalue weighted by molar-refractivity contribution is 9.10. The normalized spacial score (nSPS) is 18.8. The van der Waals surface area contributed by atoms with Crippen molar-refractivity contribution in [3.63, 3.8) is 0 Å². The lowest BCUT2D eigenvalue weighted by atomic mass is 9.98. The highest BCUT2D eigenvalue weighted by Gasteiger charge is 2.37. The van der Waals surface area contributed by atoms with E-state index in [1.54, 1.807) is 12.1 Å². The molecule has 7 nitrogen and oxygen atoms in total. The predicted molar refractivity (Wildman–Crippen MR) is 111 cm³/mol. The van der Waals surface area contributed by atoms with Crippen molar-refractivity contribution in [2.75, 3.05) is 13.1 Å². The molecule has 9 heteroatoms. The molecule has 0 bridgehead atoms. The second-order valence-corrected chi connectivity index (χ2v) is 8.06. The van der Waals surface area contributed by atoms with Crippen LogP contribution < -0.4 is 5.32 Å². The van der Waals surface area contributed by atoms with Gasteiger partial charge in [0.15, 0.2) is 0 Å². The quantitative estimate of drug-likeness (QED) is 0.689. The van der Waals surface area contributed by atoms with Crippen molar-refractivity contribution in [2.45, 2.75) is 12.5 Å². The van der Waals surface area contributed by atoms with Crippen LogP contribution >= 0.6 is 27.5 Å². The van der Waals surface area contributed by atoms with Crippen LogP contribution in [0.15, 0.2) is 58.1 Å². The smallest absolute Gasteiger partial charge is 0.325 e. The fourth-order valence-electron chi connectivity index (χ4n) is 3.35.